The molecular weight excluding hydrogens is 290 g/mol. The molecule has 2 N–H and O–H groups in total. The Balaban J connectivity index is 2.63. The van der Waals surface area contributed by atoms with Crippen LogP contribution in [-0.4, -0.2) is 57.7 Å². The highest BCUT2D eigenvalue weighted by atomic mass is 32.2. The van der Waals surface area contributed by atoms with E-state index >= 15 is 0 Å². The molecule has 2 atom stereocenters. The monoisotopic (exact) mass is 321 g/mol. The zero-order chi connectivity index (χ0) is 15.9. The lowest BCUT2D eigenvalue weighted by molar-refractivity contribution is 0.186. The van der Waals surface area contributed by atoms with Crippen molar-refractivity contribution >= 4 is 10.2 Å². The van der Waals surface area contributed by atoms with Crippen LogP contribution in [0.15, 0.2) is 0 Å². The minimum absolute atomic E-state index is 0.0493. The molecule has 0 aromatic carbocycles. The van der Waals surface area contributed by atoms with Crippen LogP contribution in [0.4, 0.5) is 0 Å². The highest BCUT2D eigenvalue weighted by molar-refractivity contribution is 7.87. The zero-order valence-electron chi connectivity index (χ0n) is 13.8. The summed E-state index contributed by atoms with van der Waals surface area (Å²) < 4.78 is 34.5. The first-order valence-corrected chi connectivity index (χ1v) is 9.32. The molecule has 0 aliphatic carbocycles. The van der Waals surface area contributed by atoms with Gasteiger partial charge in [-0.05, 0) is 26.2 Å². The molecule has 1 aliphatic heterocycles. The third kappa shape index (κ3) is 6.61. The van der Waals surface area contributed by atoms with E-state index < -0.39 is 10.2 Å². The van der Waals surface area contributed by atoms with Gasteiger partial charge in [0.15, 0.2) is 0 Å². The fraction of sp³-hybridized carbons (Fsp3) is 1.00. The number of hydrogen-bond donors (Lipinski definition) is 2. The van der Waals surface area contributed by atoms with Gasteiger partial charge >= 0.3 is 0 Å². The summed E-state index contributed by atoms with van der Waals surface area (Å²) in [5, 5.41) is 3.35. The van der Waals surface area contributed by atoms with Gasteiger partial charge in [0, 0.05) is 44.9 Å². The zero-order valence-corrected chi connectivity index (χ0v) is 14.6. The quantitative estimate of drug-likeness (QED) is 0.667. The normalized spacial score (nSPS) is 22.6. The van der Waals surface area contributed by atoms with Gasteiger partial charge in [0.2, 0.25) is 0 Å². The lowest BCUT2D eigenvalue weighted by atomic mass is 10.0. The Morgan fingerprint density at radius 3 is 2.62 bits per heavy atom. The number of methoxy groups -OCH3 is 1. The first-order valence-electron chi connectivity index (χ1n) is 7.88. The molecule has 0 aromatic rings. The van der Waals surface area contributed by atoms with Crippen LogP contribution < -0.4 is 10.0 Å². The standard InChI is InChI=1S/C14H31N3O3S/c1-12(2)15-11-14-7-5-6-9-17(14)21(18,19)16-13(3)8-10-20-4/h12-16H,5-11H2,1-4H3. The van der Waals surface area contributed by atoms with Crippen molar-refractivity contribution in [2.24, 2.45) is 0 Å². The Hall–Kier alpha value is -0.210. The summed E-state index contributed by atoms with van der Waals surface area (Å²) in [6.07, 6.45) is 3.63. The van der Waals surface area contributed by atoms with Crippen molar-refractivity contribution in [1.82, 2.24) is 14.3 Å². The van der Waals surface area contributed by atoms with Crippen LogP contribution in [0.3, 0.4) is 0 Å². The maximum atomic E-state index is 12.6. The second-order valence-electron chi connectivity index (χ2n) is 6.13. The lowest BCUT2D eigenvalue weighted by Crippen LogP contribution is -2.54. The van der Waals surface area contributed by atoms with E-state index in [4.69, 9.17) is 4.74 Å². The van der Waals surface area contributed by atoms with E-state index in [2.05, 4.69) is 23.9 Å². The molecule has 1 rings (SSSR count). The lowest BCUT2D eigenvalue weighted by Gasteiger charge is -2.36. The summed E-state index contributed by atoms with van der Waals surface area (Å²) in [4.78, 5) is 0. The van der Waals surface area contributed by atoms with Crippen LogP contribution in [0.5, 0.6) is 0 Å². The fourth-order valence-corrected chi connectivity index (χ4v) is 4.25. The van der Waals surface area contributed by atoms with Crippen molar-refractivity contribution in [3.63, 3.8) is 0 Å². The molecule has 7 heteroatoms. The fourth-order valence-electron chi connectivity index (χ4n) is 2.54. The summed E-state index contributed by atoms with van der Waals surface area (Å²) in [6.45, 7) is 7.91. The molecule has 6 nitrogen and oxygen atoms in total. The molecule has 1 saturated heterocycles. The molecule has 0 amide bonds. The second kappa shape index (κ2) is 9.05. The summed E-state index contributed by atoms with van der Waals surface area (Å²) in [5.41, 5.74) is 0. The number of rotatable bonds is 9. The molecule has 0 aromatic heterocycles. The summed E-state index contributed by atoms with van der Waals surface area (Å²) in [7, 11) is -1.80. The first-order chi connectivity index (χ1) is 9.86. The summed E-state index contributed by atoms with van der Waals surface area (Å²) in [5.74, 6) is 0. The molecule has 1 aliphatic rings. The molecule has 1 fully saturated rings. The largest absolute Gasteiger partial charge is 0.385 e. The Kier molecular flexibility index (Phi) is 8.12. The van der Waals surface area contributed by atoms with E-state index in [1.807, 2.05) is 6.92 Å². The highest BCUT2D eigenvalue weighted by Gasteiger charge is 2.32. The van der Waals surface area contributed by atoms with Gasteiger partial charge in [0.1, 0.15) is 0 Å². The van der Waals surface area contributed by atoms with E-state index in [0.717, 1.165) is 19.3 Å². The van der Waals surface area contributed by atoms with E-state index in [0.29, 0.717) is 32.2 Å². The Labute approximate surface area is 129 Å². The SMILES string of the molecule is COCCC(C)NS(=O)(=O)N1CCCCC1CNC(C)C. The van der Waals surface area contributed by atoms with Crippen LogP contribution in [0.1, 0.15) is 46.5 Å². The topological polar surface area (TPSA) is 70.7 Å². The third-order valence-electron chi connectivity index (χ3n) is 3.75. The summed E-state index contributed by atoms with van der Waals surface area (Å²) in [6, 6.07) is 0.300. The summed E-state index contributed by atoms with van der Waals surface area (Å²) >= 11 is 0. The molecule has 0 radical (unpaired) electrons. The van der Waals surface area contributed by atoms with Crippen LogP contribution >= 0.6 is 0 Å². The molecule has 0 saturated carbocycles. The smallest absolute Gasteiger partial charge is 0.279 e. The average Bonchev–Trinajstić information content (AvgIpc) is 2.42. The van der Waals surface area contributed by atoms with Gasteiger partial charge in [-0.25, -0.2) is 0 Å². The van der Waals surface area contributed by atoms with E-state index in [-0.39, 0.29) is 12.1 Å². The molecule has 2 unspecified atom stereocenters. The Morgan fingerprint density at radius 1 is 1.29 bits per heavy atom. The van der Waals surface area contributed by atoms with Gasteiger partial charge in [-0.1, -0.05) is 20.3 Å². The average molecular weight is 321 g/mol. The van der Waals surface area contributed by atoms with Crippen LogP contribution in [0.25, 0.3) is 0 Å². The van der Waals surface area contributed by atoms with Crippen molar-refractivity contribution in [2.75, 3.05) is 26.8 Å². The molecule has 21 heavy (non-hydrogen) atoms. The molecule has 1 heterocycles. The predicted molar refractivity (Wildman–Crippen MR) is 85.5 cm³/mol. The number of ether oxygens (including phenoxy) is 1. The van der Waals surface area contributed by atoms with Crippen molar-refractivity contribution in [3.05, 3.63) is 0 Å². The Bertz CT molecular complexity index is 387. The number of nitrogens with one attached hydrogen (secondary N) is 2. The molecule has 0 spiro atoms. The molecule has 0 bridgehead atoms. The van der Waals surface area contributed by atoms with E-state index in [1.54, 1.807) is 11.4 Å². The maximum Gasteiger partial charge on any atom is 0.279 e. The minimum Gasteiger partial charge on any atom is -0.385 e. The minimum atomic E-state index is -3.42. The van der Waals surface area contributed by atoms with Crippen molar-refractivity contribution in [3.8, 4) is 0 Å². The van der Waals surface area contributed by atoms with Crippen LogP contribution in [0.2, 0.25) is 0 Å². The van der Waals surface area contributed by atoms with Crippen LogP contribution in [0, 0.1) is 0 Å². The number of piperidine rings is 1. The highest BCUT2D eigenvalue weighted by Crippen LogP contribution is 2.20. The van der Waals surface area contributed by atoms with Crippen LogP contribution in [-0.2, 0) is 14.9 Å². The maximum absolute atomic E-state index is 12.6. The van der Waals surface area contributed by atoms with Gasteiger partial charge in [-0.15, -0.1) is 0 Å². The predicted octanol–water partition coefficient (Wildman–Crippen LogP) is 1.10. The second-order valence-corrected chi connectivity index (χ2v) is 7.78. The van der Waals surface area contributed by atoms with Crippen molar-refractivity contribution < 1.29 is 13.2 Å². The van der Waals surface area contributed by atoms with E-state index in [1.165, 1.54) is 0 Å². The van der Waals surface area contributed by atoms with Crippen molar-refractivity contribution in [2.45, 2.75) is 64.6 Å². The van der Waals surface area contributed by atoms with Gasteiger partial charge in [-0.3, -0.25) is 0 Å². The molecule has 126 valence electrons. The number of hydrogen-bond acceptors (Lipinski definition) is 4. The van der Waals surface area contributed by atoms with Gasteiger partial charge in [0.25, 0.3) is 10.2 Å². The van der Waals surface area contributed by atoms with Crippen molar-refractivity contribution in [1.29, 1.82) is 0 Å². The van der Waals surface area contributed by atoms with Gasteiger partial charge in [0.05, 0.1) is 0 Å². The third-order valence-corrected chi connectivity index (χ3v) is 5.55. The molecular formula is C14H31N3O3S. The van der Waals surface area contributed by atoms with E-state index in [9.17, 15) is 8.42 Å². The van der Waals surface area contributed by atoms with Gasteiger partial charge in [-0.2, -0.15) is 17.4 Å². The van der Waals surface area contributed by atoms with Gasteiger partial charge < -0.3 is 10.1 Å². The first kappa shape index (κ1) is 18.8. The Morgan fingerprint density at radius 2 is 2.00 bits per heavy atom. The number of nitrogens with zero attached hydrogens (tertiary/aromatic N) is 1.